The third-order valence-corrected chi connectivity index (χ3v) is 3.69. The highest BCUT2D eigenvalue weighted by Crippen LogP contribution is 2.20. The number of carbonyl (C=O) groups excluding carboxylic acids is 1. The summed E-state index contributed by atoms with van der Waals surface area (Å²) in [7, 11) is 0. The van der Waals surface area contributed by atoms with Gasteiger partial charge in [0.1, 0.15) is 5.82 Å². The zero-order chi connectivity index (χ0) is 15.4. The van der Waals surface area contributed by atoms with Crippen LogP contribution in [0.1, 0.15) is 19.5 Å². The van der Waals surface area contributed by atoms with Crippen molar-refractivity contribution < 1.29 is 9.53 Å². The van der Waals surface area contributed by atoms with E-state index in [2.05, 4.69) is 15.2 Å². The van der Waals surface area contributed by atoms with Gasteiger partial charge in [-0.3, -0.25) is 4.79 Å². The van der Waals surface area contributed by atoms with E-state index in [1.54, 1.807) is 0 Å². The molecule has 7 heteroatoms. The van der Waals surface area contributed by atoms with Crippen molar-refractivity contribution >= 4 is 29.8 Å². The summed E-state index contributed by atoms with van der Waals surface area (Å²) in [5, 5.41) is 2.85. The molecule has 1 fully saturated rings. The maximum Gasteiger partial charge on any atom is 0.241 e. The van der Waals surface area contributed by atoms with Gasteiger partial charge < -0.3 is 20.7 Å². The highest BCUT2D eigenvalue weighted by molar-refractivity contribution is 5.95. The normalized spacial score (nSPS) is 16.1. The number of hydrogen-bond donors (Lipinski definition) is 2. The molecule has 1 aliphatic rings. The van der Waals surface area contributed by atoms with Gasteiger partial charge in [0.05, 0.1) is 30.6 Å². The smallest absolute Gasteiger partial charge is 0.241 e. The number of pyridine rings is 1. The van der Waals surface area contributed by atoms with Gasteiger partial charge in [-0.15, -0.1) is 12.4 Å². The number of aromatic nitrogens is 1. The first-order chi connectivity index (χ1) is 9.99. The van der Waals surface area contributed by atoms with Gasteiger partial charge >= 0.3 is 0 Å². The minimum Gasteiger partial charge on any atom is -0.378 e. The van der Waals surface area contributed by atoms with Gasteiger partial charge in [-0.25, -0.2) is 4.98 Å². The number of morpholine rings is 1. The first kappa shape index (κ1) is 18.7. The van der Waals surface area contributed by atoms with Crippen molar-refractivity contribution in [2.75, 3.05) is 36.5 Å². The van der Waals surface area contributed by atoms with Crippen molar-refractivity contribution in [1.82, 2.24) is 4.98 Å². The molecule has 1 atom stereocenters. The predicted molar refractivity (Wildman–Crippen MR) is 90.7 cm³/mol. The molecule has 0 spiro atoms. The van der Waals surface area contributed by atoms with Crippen LogP contribution < -0.4 is 16.0 Å². The van der Waals surface area contributed by atoms with E-state index in [0.29, 0.717) is 5.69 Å². The Kier molecular flexibility index (Phi) is 7.06. The van der Waals surface area contributed by atoms with E-state index in [4.69, 9.17) is 10.5 Å². The lowest BCUT2D eigenvalue weighted by Gasteiger charge is -2.28. The number of aryl methyl sites for hydroxylation is 1. The summed E-state index contributed by atoms with van der Waals surface area (Å²) >= 11 is 0. The second-order valence-corrected chi connectivity index (χ2v) is 5.66. The van der Waals surface area contributed by atoms with Gasteiger partial charge in [-0.05, 0) is 25.0 Å². The molecule has 2 heterocycles. The zero-order valence-corrected chi connectivity index (χ0v) is 14.2. The van der Waals surface area contributed by atoms with Crippen molar-refractivity contribution in [3.63, 3.8) is 0 Å². The standard InChI is InChI=1S/C15H24N4O2.ClH/c1-10(2)14(16)15(20)18-12-4-5-13(17-11(12)3)19-6-8-21-9-7-19;/h4-5,10,14H,6-9,16H2,1-3H3,(H,18,20);1H/t14-;/m0./s1. The van der Waals surface area contributed by atoms with Crippen molar-refractivity contribution in [1.29, 1.82) is 0 Å². The number of rotatable bonds is 4. The van der Waals surface area contributed by atoms with Crippen molar-refractivity contribution in [2.45, 2.75) is 26.8 Å². The molecule has 2 rings (SSSR count). The average Bonchev–Trinajstić information content (AvgIpc) is 2.49. The maximum atomic E-state index is 12.0. The molecule has 1 aromatic heterocycles. The molecule has 0 saturated carbocycles. The van der Waals surface area contributed by atoms with E-state index < -0.39 is 6.04 Å². The summed E-state index contributed by atoms with van der Waals surface area (Å²) in [4.78, 5) is 18.8. The molecule has 1 aromatic rings. The Morgan fingerprint density at radius 2 is 2.00 bits per heavy atom. The molecule has 3 N–H and O–H groups in total. The third-order valence-electron chi connectivity index (χ3n) is 3.69. The van der Waals surface area contributed by atoms with Crippen LogP contribution in [-0.4, -0.2) is 43.2 Å². The number of halogens is 1. The number of ether oxygens (including phenoxy) is 1. The minimum atomic E-state index is -0.511. The number of anilines is 2. The Morgan fingerprint density at radius 1 is 1.36 bits per heavy atom. The number of nitrogens with two attached hydrogens (primary N) is 1. The summed E-state index contributed by atoms with van der Waals surface area (Å²) in [6.07, 6.45) is 0. The molecular weight excluding hydrogens is 304 g/mol. The highest BCUT2D eigenvalue weighted by atomic mass is 35.5. The van der Waals surface area contributed by atoms with Gasteiger partial charge in [-0.2, -0.15) is 0 Å². The average molecular weight is 329 g/mol. The molecule has 1 saturated heterocycles. The molecule has 0 unspecified atom stereocenters. The fourth-order valence-corrected chi connectivity index (χ4v) is 2.17. The number of nitrogens with one attached hydrogen (secondary N) is 1. The van der Waals surface area contributed by atoms with E-state index in [9.17, 15) is 4.79 Å². The predicted octanol–water partition coefficient (Wildman–Crippen LogP) is 1.57. The molecule has 0 bridgehead atoms. The molecule has 22 heavy (non-hydrogen) atoms. The first-order valence-electron chi connectivity index (χ1n) is 7.36. The molecule has 6 nitrogen and oxygen atoms in total. The van der Waals surface area contributed by atoms with E-state index in [1.807, 2.05) is 32.9 Å². The molecular formula is C15H25ClN4O2. The van der Waals surface area contributed by atoms with Crippen molar-refractivity contribution in [3.8, 4) is 0 Å². The quantitative estimate of drug-likeness (QED) is 0.877. The van der Waals surface area contributed by atoms with E-state index in [-0.39, 0.29) is 24.2 Å². The molecule has 0 aromatic carbocycles. The Morgan fingerprint density at radius 3 is 2.55 bits per heavy atom. The lowest BCUT2D eigenvalue weighted by Crippen LogP contribution is -2.40. The fraction of sp³-hybridized carbons (Fsp3) is 0.600. The van der Waals surface area contributed by atoms with Crippen LogP contribution in [0.3, 0.4) is 0 Å². The molecule has 0 radical (unpaired) electrons. The Balaban J connectivity index is 0.00000242. The maximum absolute atomic E-state index is 12.0. The summed E-state index contributed by atoms with van der Waals surface area (Å²) in [6, 6.07) is 3.30. The van der Waals surface area contributed by atoms with Crippen LogP contribution in [-0.2, 0) is 9.53 Å². The first-order valence-corrected chi connectivity index (χ1v) is 7.36. The Bertz CT molecular complexity index is 504. The van der Waals surface area contributed by atoms with Crippen LogP contribution >= 0.6 is 12.4 Å². The van der Waals surface area contributed by atoms with Gasteiger partial charge in [-0.1, -0.05) is 13.8 Å². The van der Waals surface area contributed by atoms with Crippen LogP contribution in [0.15, 0.2) is 12.1 Å². The number of amides is 1. The van der Waals surface area contributed by atoms with Gasteiger partial charge in [0.2, 0.25) is 5.91 Å². The largest absolute Gasteiger partial charge is 0.378 e. The monoisotopic (exact) mass is 328 g/mol. The Labute approximate surface area is 137 Å². The van der Waals surface area contributed by atoms with E-state index in [0.717, 1.165) is 37.8 Å². The van der Waals surface area contributed by atoms with Gasteiger partial charge in [0, 0.05) is 13.1 Å². The van der Waals surface area contributed by atoms with Crippen molar-refractivity contribution in [2.24, 2.45) is 11.7 Å². The second-order valence-electron chi connectivity index (χ2n) is 5.66. The molecule has 0 aliphatic carbocycles. The van der Waals surface area contributed by atoms with Crippen LogP contribution in [0.25, 0.3) is 0 Å². The van der Waals surface area contributed by atoms with Crippen LogP contribution in [0, 0.1) is 12.8 Å². The molecule has 124 valence electrons. The third kappa shape index (κ3) is 4.56. The van der Waals surface area contributed by atoms with E-state index >= 15 is 0 Å². The second kappa shape index (κ2) is 8.31. The van der Waals surface area contributed by atoms with Crippen LogP contribution in [0.2, 0.25) is 0 Å². The summed E-state index contributed by atoms with van der Waals surface area (Å²) in [5.74, 6) is 0.849. The molecule has 1 amide bonds. The SMILES string of the molecule is Cc1nc(N2CCOCC2)ccc1NC(=O)[C@@H](N)C(C)C.Cl. The summed E-state index contributed by atoms with van der Waals surface area (Å²) in [5.41, 5.74) is 7.36. The number of nitrogens with zero attached hydrogens (tertiary/aromatic N) is 2. The molecule has 1 aliphatic heterocycles. The summed E-state index contributed by atoms with van der Waals surface area (Å²) in [6.45, 7) is 8.88. The van der Waals surface area contributed by atoms with Gasteiger partial charge in [0.15, 0.2) is 0 Å². The number of carbonyl (C=O) groups is 1. The van der Waals surface area contributed by atoms with Crippen LogP contribution in [0.4, 0.5) is 11.5 Å². The summed E-state index contributed by atoms with van der Waals surface area (Å²) < 4.78 is 5.34. The van der Waals surface area contributed by atoms with Crippen LogP contribution in [0.5, 0.6) is 0 Å². The Hall–Kier alpha value is -1.37. The fourth-order valence-electron chi connectivity index (χ4n) is 2.17. The van der Waals surface area contributed by atoms with E-state index in [1.165, 1.54) is 0 Å². The number of hydrogen-bond acceptors (Lipinski definition) is 5. The minimum absolute atomic E-state index is 0. The topological polar surface area (TPSA) is 80.5 Å². The van der Waals surface area contributed by atoms with Gasteiger partial charge in [0.25, 0.3) is 0 Å². The highest BCUT2D eigenvalue weighted by Gasteiger charge is 2.19. The zero-order valence-electron chi connectivity index (χ0n) is 13.3. The lowest BCUT2D eigenvalue weighted by molar-refractivity contribution is -0.118. The lowest BCUT2D eigenvalue weighted by atomic mass is 10.0. The van der Waals surface area contributed by atoms with Crippen molar-refractivity contribution in [3.05, 3.63) is 17.8 Å².